The average Bonchev–Trinajstić information content (AvgIpc) is 2.27. The molecule has 92 valence electrons. The Balaban J connectivity index is 2.06. The molecule has 0 bridgehead atoms. The van der Waals surface area contributed by atoms with Gasteiger partial charge in [0.2, 0.25) is 0 Å². The van der Waals surface area contributed by atoms with Gasteiger partial charge in [0.25, 0.3) is 0 Å². The molecule has 0 saturated heterocycles. The fraction of sp³-hybridized carbons (Fsp3) is 0.500. The van der Waals surface area contributed by atoms with Gasteiger partial charge in [0, 0.05) is 5.56 Å². The first kappa shape index (κ1) is 12.0. The second-order valence-corrected chi connectivity index (χ2v) is 4.53. The van der Waals surface area contributed by atoms with Gasteiger partial charge in [0.15, 0.2) is 17.3 Å². The quantitative estimate of drug-likeness (QED) is 0.734. The maximum Gasteiger partial charge on any atom is 0.161 e. The number of carbonyl (C=O) groups is 1. The molecular weight excluding hydrogens is 216 g/mol. The van der Waals surface area contributed by atoms with E-state index in [0.29, 0.717) is 17.2 Å². The van der Waals surface area contributed by atoms with Crippen molar-refractivity contribution in [1.29, 1.82) is 0 Å². The number of rotatable bonds is 5. The smallest absolute Gasteiger partial charge is 0.161 e. The zero-order chi connectivity index (χ0) is 12.3. The van der Waals surface area contributed by atoms with E-state index in [1.165, 1.54) is 19.3 Å². The normalized spacial score (nSPS) is 15.2. The maximum atomic E-state index is 11.3. The molecule has 1 aliphatic rings. The number of ketones is 1. The van der Waals surface area contributed by atoms with Gasteiger partial charge in [-0.3, -0.25) is 4.79 Å². The third kappa shape index (κ3) is 2.78. The van der Waals surface area contributed by atoms with E-state index in [9.17, 15) is 4.79 Å². The van der Waals surface area contributed by atoms with Crippen molar-refractivity contribution in [2.45, 2.75) is 26.2 Å². The van der Waals surface area contributed by atoms with E-state index in [-0.39, 0.29) is 5.78 Å². The minimum atomic E-state index is 0.0360. The molecule has 0 N–H and O–H groups in total. The monoisotopic (exact) mass is 234 g/mol. The van der Waals surface area contributed by atoms with Gasteiger partial charge in [0.1, 0.15) is 0 Å². The first-order valence-electron chi connectivity index (χ1n) is 6.02. The van der Waals surface area contributed by atoms with Crippen LogP contribution >= 0.6 is 0 Å². The lowest BCUT2D eigenvalue weighted by Crippen LogP contribution is -2.19. The summed E-state index contributed by atoms with van der Waals surface area (Å²) in [4.78, 5) is 11.3. The van der Waals surface area contributed by atoms with Crippen molar-refractivity contribution in [1.82, 2.24) is 0 Å². The van der Waals surface area contributed by atoms with Crippen LogP contribution < -0.4 is 9.47 Å². The van der Waals surface area contributed by atoms with Gasteiger partial charge < -0.3 is 9.47 Å². The third-order valence-electron chi connectivity index (χ3n) is 3.27. The Morgan fingerprint density at radius 2 is 2.12 bits per heavy atom. The number of methoxy groups -OCH3 is 1. The van der Waals surface area contributed by atoms with Gasteiger partial charge >= 0.3 is 0 Å². The molecule has 3 heteroatoms. The minimum absolute atomic E-state index is 0.0360. The number of ether oxygens (including phenoxy) is 2. The first-order chi connectivity index (χ1) is 8.20. The van der Waals surface area contributed by atoms with E-state index in [0.717, 1.165) is 12.4 Å². The van der Waals surface area contributed by atoms with E-state index >= 15 is 0 Å². The van der Waals surface area contributed by atoms with Crippen molar-refractivity contribution in [2.75, 3.05) is 13.7 Å². The summed E-state index contributed by atoms with van der Waals surface area (Å²) in [5.41, 5.74) is 0.651. The molecular formula is C14H18O3. The highest BCUT2D eigenvalue weighted by molar-refractivity contribution is 5.94. The lowest BCUT2D eigenvalue weighted by molar-refractivity contribution is 0.101. The van der Waals surface area contributed by atoms with Crippen LogP contribution in [0.2, 0.25) is 0 Å². The van der Waals surface area contributed by atoms with Gasteiger partial charge in [-0.15, -0.1) is 0 Å². The zero-order valence-corrected chi connectivity index (χ0v) is 10.4. The second kappa shape index (κ2) is 5.21. The molecule has 2 rings (SSSR count). The molecule has 0 amide bonds. The first-order valence-corrected chi connectivity index (χ1v) is 6.02. The van der Waals surface area contributed by atoms with Crippen LogP contribution in [0.1, 0.15) is 36.5 Å². The molecule has 0 aromatic heterocycles. The standard InChI is InChI=1S/C14H18O3/c1-10(15)12-6-7-13(14(8-12)16-2)17-9-11-4-3-5-11/h6-8,11H,3-5,9H2,1-2H3. The van der Waals surface area contributed by atoms with Gasteiger partial charge in [0.05, 0.1) is 13.7 Å². The molecule has 1 aliphatic carbocycles. The van der Waals surface area contributed by atoms with Crippen molar-refractivity contribution in [3.05, 3.63) is 23.8 Å². The highest BCUT2D eigenvalue weighted by Gasteiger charge is 2.18. The molecule has 0 aliphatic heterocycles. The molecule has 0 atom stereocenters. The Hall–Kier alpha value is -1.51. The summed E-state index contributed by atoms with van der Waals surface area (Å²) < 4.78 is 11.0. The number of carbonyl (C=O) groups excluding carboxylic acids is 1. The SMILES string of the molecule is COc1cc(C(C)=O)ccc1OCC1CCC1. The van der Waals surface area contributed by atoms with E-state index in [4.69, 9.17) is 9.47 Å². The Morgan fingerprint density at radius 3 is 2.65 bits per heavy atom. The van der Waals surface area contributed by atoms with Crippen LogP contribution in [0.15, 0.2) is 18.2 Å². The molecule has 1 aromatic rings. The lowest BCUT2D eigenvalue weighted by Gasteiger charge is -2.25. The summed E-state index contributed by atoms with van der Waals surface area (Å²) in [6.45, 7) is 2.29. The Bertz CT molecular complexity index is 408. The summed E-state index contributed by atoms with van der Waals surface area (Å²) in [5.74, 6) is 2.09. The van der Waals surface area contributed by atoms with Crippen LogP contribution in [0.25, 0.3) is 0 Å². The number of hydrogen-bond acceptors (Lipinski definition) is 3. The van der Waals surface area contributed by atoms with Crippen LogP contribution in [-0.2, 0) is 0 Å². The fourth-order valence-electron chi connectivity index (χ4n) is 1.87. The van der Waals surface area contributed by atoms with Crippen LogP contribution in [0.5, 0.6) is 11.5 Å². The Morgan fingerprint density at radius 1 is 1.35 bits per heavy atom. The maximum absolute atomic E-state index is 11.3. The molecule has 0 heterocycles. The van der Waals surface area contributed by atoms with Crippen molar-refractivity contribution in [2.24, 2.45) is 5.92 Å². The second-order valence-electron chi connectivity index (χ2n) is 4.53. The number of Topliss-reactive ketones (excluding diaryl/α,β-unsaturated/α-hetero) is 1. The molecule has 1 saturated carbocycles. The topological polar surface area (TPSA) is 35.5 Å². The molecule has 17 heavy (non-hydrogen) atoms. The highest BCUT2D eigenvalue weighted by atomic mass is 16.5. The largest absolute Gasteiger partial charge is 0.493 e. The minimum Gasteiger partial charge on any atom is -0.493 e. The average molecular weight is 234 g/mol. The molecule has 0 unspecified atom stereocenters. The van der Waals surface area contributed by atoms with E-state index < -0.39 is 0 Å². The number of hydrogen-bond donors (Lipinski definition) is 0. The molecule has 1 fully saturated rings. The van der Waals surface area contributed by atoms with Crippen LogP contribution in [0, 0.1) is 5.92 Å². The molecule has 0 spiro atoms. The summed E-state index contributed by atoms with van der Waals surface area (Å²) in [6, 6.07) is 5.33. The molecule has 1 aromatic carbocycles. The zero-order valence-electron chi connectivity index (χ0n) is 10.4. The van der Waals surface area contributed by atoms with Gasteiger partial charge in [-0.2, -0.15) is 0 Å². The van der Waals surface area contributed by atoms with Crippen molar-refractivity contribution in [3.8, 4) is 11.5 Å². The summed E-state index contributed by atoms with van der Waals surface area (Å²) in [7, 11) is 1.59. The van der Waals surface area contributed by atoms with Crippen molar-refractivity contribution in [3.63, 3.8) is 0 Å². The Labute approximate surface area is 102 Å². The Kier molecular flexibility index (Phi) is 3.67. The highest BCUT2D eigenvalue weighted by Crippen LogP contribution is 2.31. The fourth-order valence-corrected chi connectivity index (χ4v) is 1.87. The lowest BCUT2D eigenvalue weighted by atomic mass is 9.86. The van der Waals surface area contributed by atoms with Gasteiger partial charge in [-0.25, -0.2) is 0 Å². The number of benzene rings is 1. The predicted molar refractivity (Wildman–Crippen MR) is 65.8 cm³/mol. The molecule has 0 radical (unpaired) electrons. The van der Waals surface area contributed by atoms with Crippen LogP contribution in [-0.4, -0.2) is 19.5 Å². The van der Waals surface area contributed by atoms with Crippen molar-refractivity contribution < 1.29 is 14.3 Å². The van der Waals surface area contributed by atoms with E-state index in [1.807, 2.05) is 6.07 Å². The summed E-state index contributed by atoms with van der Waals surface area (Å²) >= 11 is 0. The van der Waals surface area contributed by atoms with Gasteiger partial charge in [-0.05, 0) is 43.9 Å². The van der Waals surface area contributed by atoms with Crippen molar-refractivity contribution >= 4 is 5.78 Å². The molecule has 3 nitrogen and oxygen atoms in total. The third-order valence-corrected chi connectivity index (χ3v) is 3.27. The van der Waals surface area contributed by atoms with Crippen LogP contribution in [0.3, 0.4) is 0 Å². The predicted octanol–water partition coefficient (Wildman–Crippen LogP) is 3.08. The van der Waals surface area contributed by atoms with Gasteiger partial charge in [-0.1, -0.05) is 6.42 Å². The van der Waals surface area contributed by atoms with Crippen LogP contribution in [0.4, 0.5) is 0 Å². The summed E-state index contributed by atoms with van der Waals surface area (Å²) in [5, 5.41) is 0. The van der Waals surface area contributed by atoms with E-state index in [1.54, 1.807) is 26.2 Å². The van der Waals surface area contributed by atoms with E-state index in [2.05, 4.69) is 0 Å². The summed E-state index contributed by atoms with van der Waals surface area (Å²) in [6.07, 6.45) is 3.83.